The lowest BCUT2D eigenvalue weighted by molar-refractivity contribution is 0.0991. The molecule has 2 rings (SSSR count). The van der Waals surface area contributed by atoms with Crippen LogP contribution in [0.1, 0.15) is 15.9 Å². The third kappa shape index (κ3) is 3.46. The molecule has 0 amide bonds. The zero-order chi connectivity index (χ0) is 14.7. The van der Waals surface area contributed by atoms with Gasteiger partial charge >= 0.3 is 0 Å². The van der Waals surface area contributed by atoms with E-state index in [1.54, 1.807) is 13.2 Å². The third-order valence-corrected chi connectivity index (χ3v) is 4.01. The molecule has 0 unspecified atom stereocenters. The van der Waals surface area contributed by atoms with Crippen molar-refractivity contribution in [1.82, 2.24) is 0 Å². The summed E-state index contributed by atoms with van der Waals surface area (Å²) >= 11 is 6.63. The lowest BCUT2D eigenvalue weighted by atomic mass is 10.0. The maximum atomic E-state index is 13.3. The molecule has 0 radical (unpaired) electrons. The van der Waals surface area contributed by atoms with E-state index >= 15 is 0 Å². The van der Waals surface area contributed by atoms with Crippen LogP contribution in [-0.4, -0.2) is 12.9 Å². The van der Waals surface area contributed by atoms with E-state index in [9.17, 15) is 9.18 Å². The van der Waals surface area contributed by atoms with E-state index in [0.29, 0.717) is 15.8 Å². The van der Waals surface area contributed by atoms with E-state index in [1.807, 2.05) is 12.1 Å². The molecule has 0 aromatic heterocycles. The Bertz CT molecular complexity index is 656. The van der Waals surface area contributed by atoms with E-state index in [1.165, 1.54) is 18.2 Å². The number of hydrogen-bond acceptors (Lipinski definition) is 2. The van der Waals surface area contributed by atoms with Crippen molar-refractivity contribution in [2.75, 3.05) is 7.11 Å². The summed E-state index contributed by atoms with van der Waals surface area (Å²) in [6, 6.07) is 9.51. The average Bonchev–Trinajstić information content (AvgIpc) is 2.41. The molecule has 0 saturated heterocycles. The van der Waals surface area contributed by atoms with Crippen molar-refractivity contribution < 1.29 is 13.9 Å². The minimum Gasteiger partial charge on any atom is -0.496 e. The first-order valence-electron chi connectivity index (χ1n) is 5.82. The molecule has 0 aliphatic carbocycles. The summed E-state index contributed by atoms with van der Waals surface area (Å²) in [6.45, 7) is 0. The van der Waals surface area contributed by atoms with Gasteiger partial charge in [-0.2, -0.15) is 0 Å². The highest BCUT2D eigenvalue weighted by Crippen LogP contribution is 2.26. The van der Waals surface area contributed by atoms with E-state index in [0.717, 1.165) is 10.0 Å². The van der Waals surface area contributed by atoms with Crippen LogP contribution in [0.5, 0.6) is 5.75 Å². The monoisotopic (exact) mass is 400 g/mol. The number of rotatable bonds is 4. The van der Waals surface area contributed by atoms with Crippen LogP contribution in [0.3, 0.4) is 0 Å². The molecule has 0 saturated carbocycles. The molecule has 0 aliphatic heterocycles. The molecule has 0 spiro atoms. The van der Waals surface area contributed by atoms with Gasteiger partial charge in [0.25, 0.3) is 0 Å². The number of benzene rings is 2. The summed E-state index contributed by atoms with van der Waals surface area (Å²) < 4.78 is 19.9. The highest BCUT2D eigenvalue weighted by atomic mass is 79.9. The second kappa shape index (κ2) is 6.50. The van der Waals surface area contributed by atoms with Crippen molar-refractivity contribution >= 4 is 37.6 Å². The zero-order valence-electron chi connectivity index (χ0n) is 10.6. The van der Waals surface area contributed by atoms with Crippen molar-refractivity contribution in [3.05, 3.63) is 62.3 Å². The molecule has 0 bridgehead atoms. The van der Waals surface area contributed by atoms with Gasteiger partial charge in [0, 0.05) is 26.5 Å². The maximum Gasteiger partial charge on any atom is 0.168 e. The fourth-order valence-corrected chi connectivity index (χ4v) is 2.74. The molecule has 0 atom stereocenters. The van der Waals surface area contributed by atoms with Crippen LogP contribution >= 0.6 is 31.9 Å². The van der Waals surface area contributed by atoms with Gasteiger partial charge in [-0.1, -0.05) is 31.9 Å². The molecule has 2 nitrogen and oxygen atoms in total. The second-order valence-corrected chi connectivity index (χ2v) is 5.95. The summed E-state index contributed by atoms with van der Waals surface area (Å²) in [4.78, 5) is 12.3. The lowest BCUT2D eigenvalue weighted by Crippen LogP contribution is -2.06. The summed E-state index contributed by atoms with van der Waals surface area (Å²) in [6.07, 6.45) is 0.144. The predicted molar refractivity (Wildman–Crippen MR) is 82.8 cm³/mol. The Kier molecular flexibility index (Phi) is 4.94. The summed E-state index contributed by atoms with van der Waals surface area (Å²) in [5.41, 5.74) is 1.08. The first kappa shape index (κ1) is 15.2. The molecule has 104 valence electrons. The Labute approximate surface area is 133 Å². The second-order valence-electron chi connectivity index (χ2n) is 4.18. The van der Waals surface area contributed by atoms with Gasteiger partial charge in [-0.25, -0.2) is 4.39 Å². The van der Waals surface area contributed by atoms with Gasteiger partial charge in [-0.05, 0) is 36.4 Å². The third-order valence-electron chi connectivity index (χ3n) is 2.82. The predicted octanol–water partition coefficient (Wildman–Crippen LogP) is 4.78. The van der Waals surface area contributed by atoms with E-state index in [2.05, 4.69) is 31.9 Å². The Hall–Kier alpha value is -1.20. The van der Waals surface area contributed by atoms with Crippen LogP contribution in [0.2, 0.25) is 0 Å². The van der Waals surface area contributed by atoms with Crippen molar-refractivity contribution in [3.8, 4) is 5.75 Å². The van der Waals surface area contributed by atoms with E-state index in [4.69, 9.17) is 4.74 Å². The van der Waals surface area contributed by atoms with Gasteiger partial charge in [-0.15, -0.1) is 0 Å². The van der Waals surface area contributed by atoms with Crippen molar-refractivity contribution in [2.45, 2.75) is 6.42 Å². The van der Waals surface area contributed by atoms with Crippen LogP contribution < -0.4 is 4.74 Å². The molecule has 2 aromatic carbocycles. The van der Waals surface area contributed by atoms with Gasteiger partial charge < -0.3 is 4.74 Å². The molecule has 0 fully saturated rings. The molecule has 2 aromatic rings. The highest BCUT2D eigenvalue weighted by Gasteiger charge is 2.14. The number of carbonyl (C=O) groups is 1. The number of hydrogen-bond donors (Lipinski definition) is 0. The van der Waals surface area contributed by atoms with Gasteiger partial charge in [0.05, 0.1) is 7.11 Å². The lowest BCUT2D eigenvalue weighted by Gasteiger charge is -2.09. The maximum absolute atomic E-state index is 13.3. The van der Waals surface area contributed by atoms with Crippen molar-refractivity contribution in [1.29, 1.82) is 0 Å². The smallest absolute Gasteiger partial charge is 0.168 e. The van der Waals surface area contributed by atoms with Crippen molar-refractivity contribution in [2.24, 2.45) is 0 Å². The van der Waals surface area contributed by atoms with Crippen LogP contribution in [-0.2, 0) is 6.42 Å². The number of Topliss-reactive ketones (excluding diaryl/α,β-unsaturated/α-hetero) is 1. The molecule has 0 aliphatic rings. The van der Waals surface area contributed by atoms with Crippen LogP contribution in [0, 0.1) is 5.82 Å². The fourth-order valence-electron chi connectivity index (χ4n) is 1.86. The first-order valence-corrected chi connectivity index (χ1v) is 7.40. The standard InChI is InChI=1S/C15H11Br2FO2/c1-20-15-5-2-10(16)6-9(15)7-14(19)12-8-11(18)3-4-13(12)17/h2-6,8H,7H2,1H3. The average molecular weight is 402 g/mol. The number of carbonyl (C=O) groups excluding carboxylic acids is 1. The minimum atomic E-state index is -0.433. The first-order chi connectivity index (χ1) is 9.51. The van der Waals surface area contributed by atoms with Gasteiger partial charge in [0.2, 0.25) is 0 Å². The zero-order valence-corrected chi connectivity index (χ0v) is 13.8. The molecule has 20 heavy (non-hydrogen) atoms. The highest BCUT2D eigenvalue weighted by molar-refractivity contribution is 9.10. The SMILES string of the molecule is COc1ccc(Br)cc1CC(=O)c1cc(F)ccc1Br. The number of halogens is 3. The molecule has 0 N–H and O–H groups in total. The fraction of sp³-hybridized carbons (Fsp3) is 0.133. The largest absolute Gasteiger partial charge is 0.496 e. The summed E-state index contributed by atoms with van der Waals surface area (Å²) in [7, 11) is 1.55. The van der Waals surface area contributed by atoms with Gasteiger partial charge in [0.15, 0.2) is 5.78 Å². The van der Waals surface area contributed by atoms with Crippen molar-refractivity contribution in [3.63, 3.8) is 0 Å². The Morgan fingerprint density at radius 1 is 1.20 bits per heavy atom. The number of ketones is 1. The Morgan fingerprint density at radius 3 is 2.65 bits per heavy atom. The Morgan fingerprint density at radius 2 is 1.95 bits per heavy atom. The molecular formula is C15H11Br2FO2. The van der Waals surface area contributed by atoms with Crippen LogP contribution in [0.25, 0.3) is 0 Å². The number of ether oxygens (including phenoxy) is 1. The topological polar surface area (TPSA) is 26.3 Å². The molecule has 0 heterocycles. The van der Waals surface area contributed by atoms with E-state index in [-0.39, 0.29) is 12.2 Å². The Balaban J connectivity index is 2.32. The van der Waals surface area contributed by atoms with Crippen LogP contribution in [0.15, 0.2) is 45.3 Å². The van der Waals surface area contributed by atoms with Gasteiger partial charge in [-0.3, -0.25) is 4.79 Å². The minimum absolute atomic E-state index is 0.144. The van der Waals surface area contributed by atoms with Crippen LogP contribution in [0.4, 0.5) is 4.39 Å². The molecular weight excluding hydrogens is 391 g/mol. The summed E-state index contributed by atoms with van der Waals surface area (Å²) in [5, 5.41) is 0. The quantitative estimate of drug-likeness (QED) is 0.688. The summed E-state index contributed by atoms with van der Waals surface area (Å²) in [5.74, 6) is 0.0274. The van der Waals surface area contributed by atoms with E-state index < -0.39 is 5.82 Å². The molecule has 5 heteroatoms. The van der Waals surface area contributed by atoms with Gasteiger partial charge in [0.1, 0.15) is 11.6 Å². The number of methoxy groups -OCH3 is 1. The normalized spacial score (nSPS) is 10.4.